The van der Waals surface area contributed by atoms with E-state index in [2.05, 4.69) is 20.5 Å². The van der Waals surface area contributed by atoms with Crippen molar-refractivity contribution < 1.29 is 19.1 Å². The SMILES string of the molecule is O=C(O)CN(CC1CC1)C1CC(NC(=O)Nc2cccc(-c3ncco3)c2)C1. The smallest absolute Gasteiger partial charge is 0.319 e. The van der Waals surface area contributed by atoms with Crippen LogP contribution in [0.25, 0.3) is 11.5 Å². The minimum atomic E-state index is -0.791. The molecule has 148 valence electrons. The van der Waals surface area contributed by atoms with Crippen LogP contribution in [-0.4, -0.2) is 52.2 Å². The minimum Gasteiger partial charge on any atom is -0.480 e. The molecule has 0 aliphatic heterocycles. The normalized spacial score (nSPS) is 21.2. The number of oxazole rings is 1. The Morgan fingerprint density at radius 3 is 2.79 bits per heavy atom. The number of carboxylic acid groups (broad SMARTS) is 1. The van der Waals surface area contributed by atoms with E-state index in [0.717, 1.165) is 24.9 Å². The summed E-state index contributed by atoms with van der Waals surface area (Å²) >= 11 is 0. The number of carbonyl (C=O) groups excluding carboxylic acids is 1. The van der Waals surface area contributed by atoms with Crippen molar-refractivity contribution in [3.8, 4) is 11.5 Å². The third-order valence-corrected chi connectivity index (χ3v) is 5.29. The van der Waals surface area contributed by atoms with Crippen molar-refractivity contribution in [2.75, 3.05) is 18.4 Å². The summed E-state index contributed by atoms with van der Waals surface area (Å²) in [6, 6.07) is 7.34. The molecule has 2 aromatic rings. The molecule has 0 spiro atoms. The summed E-state index contributed by atoms with van der Waals surface area (Å²) in [6.45, 7) is 0.928. The average Bonchev–Trinajstić information content (AvgIpc) is 3.26. The molecular formula is C20H24N4O4. The summed E-state index contributed by atoms with van der Waals surface area (Å²) in [5.74, 6) is 0.353. The molecule has 0 atom stereocenters. The van der Waals surface area contributed by atoms with Gasteiger partial charge in [0.1, 0.15) is 6.26 Å². The fourth-order valence-electron chi connectivity index (χ4n) is 3.60. The van der Waals surface area contributed by atoms with Gasteiger partial charge in [-0.15, -0.1) is 0 Å². The number of anilines is 1. The monoisotopic (exact) mass is 384 g/mol. The van der Waals surface area contributed by atoms with Crippen LogP contribution in [0.5, 0.6) is 0 Å². The molecular weight excluding hydrogens is 360 g/mol. The highest BCUT2D eigenvalue weighted by molar-refractivity contribution is 5.90. The van der Waals surface area contributed by atoms with Gasteiger partial charge in [0, 0.05) is 29.9 Å². The lowest BCUT2D eigenvalue weighted by Gasteiger charge is -2.42. The fraction of sp³-hybridized carbons (Fsp3) is 0.450. The fourth-order valence-corrected chi connectivity index (χ4v) is 3.60. The lowest BCUT2D eigenvalue weighted by molar-refractivity contribution is -0.139. The number of aliphatic carboxylic acids is 1. The molecule has 3 N–H and O–H groups in total. The highest BCUT2D eigenvalue weighted by Crippen LogP contribution is 2.33. The second-order valence-corrected chi connectivity index (χ2v) is 7.61. The lowest BCUT2D eigenvalue weighted by atomic mass is 9.85. The molecule has 8 nitrogen and oxygen atoms in total. The van der Waals surface area contributed by atoms with Crippen LogP contribution in [0.4, 0.5) is 10.5 Å². The van der Waals surface area contributed by atoms with E-state index in [0.29, 0.717) is 17.5 Å². The van der Waals surface area contributed by atoms with Crippen molar-refractivity contribution >= 4 is 17.7 Å². The van der Waals surface area contributed by atoms with Gasteiger partial charge in [0.2, 0.25) is 5.89 Å². The van der Waals surface area contributed by atoms with E-state index in [1.165, 1.54) is 19.1 Å². The summed E-state index contributed by atoms with van der Waals surface area (Å²) in [6.07, 6.45) is 7.03. The predicted octanol–water partition coefficient (Wildman–Crippen LogP) is 2.79. The van der Waals surface area contributed by atoms with Crippen molar-refractivity contribution in [3.63, 3.8) is 0 Å². The van der Waals surface area contributed by atoms with Crippen LogP contribution < -0.4 is 10.6 Å². The standard InChI is InChI=1S/C20H24N4O4/c25-18(26)12-24(11-13-4-5-13)17-9-16(10-17)23-20(27)22-15-3-1-2-14(8-15)19-21-6-7-28-19/h1-3,6-8,13,16-17H,4-5,9-12H2,(H,25,26)(H2,22,23,27). The van der Waals surface area contributed by atoms with Crippen LogP contribution in [-0.2, 0) is 4.79 Å². The molecule has 0 bridgehead atoms. The number of carboxylic acids is 1. The number of benzene rings is 1. The molecule has 0 saturated heterocycles. The molecule has 1 aromatic carbocycles. The highest BCUT2D eigenvalue weighted by atomic mass is 16.4. The maximum Gasteiger partial charge on any atom is 0.319 e. The first-order chi connectivity index (χ1) is 13.6. The number of hydrogen-bond donors (Lipinski definition) is 3. The van der Waals surface area contributed by atoms with Crippen molar-refractivity contribution in [2.24, 2.45) is 5.92 Å². The first kappa shape index (κ1) is 18.5. The van der Waals surface area contributed by atoms with Crippen LogP contribution in [0.15, 0.2) is 41.1 Å². The molecule has 2 aliphatic rings. The Hall–Kier alpha value is -2.87. The molecule has 2 aliphatic carbocycles. The second kappa shape index (κ2) is 8.02. The number of amides is 2. The van der Waals surface area contributed by atoms with Crippen LogP contribution in [0, 0.1) is 5.92 Å². The molecule has 1 aromatic heterocycles. The number of nitrogens with zero attached hydrogens (tertiary/aromatic N) is 2. The van der Waals surface area contributed by atoms with Crippen molar-refractivity contribution in [2.45, 2.75) is 37.8 Å². The van der Waals surface area contributed by atoms with E-state index in [-0.39, 0.29) is 24.7 Å². The molecule has 2 saturated carbocycles. The van der Waals surface area contributed by atoms with Crippen LogP contribution >= 0.6 is 0 Å². The molecule has 28 heavy (non-hydrogen) atoms. The molecule has 2 amide bonds. The highest BCUT2D eigenvalue weighted by Gasteiger charge is 2.37. The zero-order valence-corrected chi connectivity index (χ0v) is 15.5. The Morgan fingerprint density at radius 1 is 1.29 bits per heavy atom. The molecule has 8 heteroatoms. The van der Waals surface area contributed by atoms with Gasteiger partial charge in [0.25, 0.3) is 0 Å². The average molecular weight is 384 g/mol. The maximum atomic E-state index is 12.3. The number of aromatic nitrogens is 1. The summed E-state index contributed by atoms with van der Waals surface area (Å²) in [4.78, 5) is 29.5. The number of nitrogens with one attached hydrogen (secondary N) is 2. The van der Waals surface area contributed by atoms with Gasteiger partial charge in [-0.2, -0.15) is 0 Å². The van der Waals surface area contributed by atoms with Gasteiger partial charge in [-0.1, -0.05) is 6.07 Å². The van der Waals surface area contributed by atoms with Crippen LogP contribution in [0.1, 0.15) is 25.7 Å². The first-order valence-electron chi connectivity index (χ1n) is 9.60. The van der Waals surface area contributed by atoms with Gasteiger partial charge in [-0.25, -0.2) is 9.78 Å². The van der Waals surface area contributed by atoms with Gasteiger partial charge < -0.3 is 20.2 Å². The summed E-state index contributed by atoms with van der Waals surface area (Å²) < 4.78 is 5.28. The maximum absolute atomic E-state index is 12.3. The quantitative estimate of drug-likeness (QED) is 0.646. The Kier molecular flexibility index (Phi) is 5.29. The van der Waals surface area contributed by atoms with Gasteiger partial charge >= 0.3 is 12.0 Å². The Labute approximate surface area is 162 Å². The van der Waals surface area contributed by atoms with E-state index in [1.807, 2.05) is 12.1 Å². The van der Waals surface area contributed by atoms with E-state index in [1.54, 1.807) is 18.3 Å². The summed E-state index contributed by atoms with van der Waals surface area (Å²) in [5, 5.41) is 14.9. The second-order valence-electron chi connectivity index (χ2n) is 7.61. The van der Waals surface area contributed by atoms with Crippen LogP contribution in [0.2, 0.25) is 0 Å². The zero-order valence-electron chi connectivity index (χ0n) is 15.5. The zero-order chi connectivity index (χ0) is 19.5. The molecule has 4 rings (SSSR count). The molecule has 0 radical (unpaired) electrons. The number of hydrogen-bond acceptors (Lipinski definition) is 5. The predicted molar refractivity (Wildman–Crippen MR) is 103 cm³/mol. The Balaban J connectivity index is 1.26. The van der Waals surface area contributed by atoms with Gasteiger partial charge in [0.15, 0.2) is 0 Å². The van der Waals surface area contributed by atoms with Gasteiger partial charge in [-0.3, -0.25) is 9.69 Å². The van der Waals surface area contributed by atoms with Crippen molar-refractivity contribution in [1.82, 2.24) is 15.2 Å². The van der Waals surface area contributed by atoms with E-state index in [9.17, 15) is 9.59 Å². The third kappa shape index (κ3) is 4.69. The summed E-state index contributed by atoms with van der Waals surface area (Å²) in [5.41, 5.74) is 1.45. The largest absolute Gasteiger partial charge is 0.480 e. The van der Waals surface area contributed by atoms with E-state index < -0.39 is 5.97 Å². The number of rotatable bonds is 8. The van der Waals surface area contributed by atoms with Crippen molar-refractivity contribution in [3.05, 3.63) is 36.7 Å². The molecule has 2 fully saturated rings. The first-order valence-corrected chi connectivity index (χ1v) is 9.60. The summed E-state index contributed by atoms with van der Waals surface area (Å²) in [7, 11) is 0. The third-order valence-electron chi connectivity index (χ3n) is 5.29. The van der Waals surface area contributed by atoms with Crippen molar-refractivity contribution in [1.29, 1.82) is 0 Å². The van der Waals surface area contributed by atoms with E-state index >= 15 is 0 Å². The lowest BCUT2D eigenvalue weighted by Crippen LogP contribution is -2.55. The Bertz CT molecular complexity index is 828. The Morgan fingerprint density at radius 2 is 2.11 bits per heavy atom. The topological polar surface area (TPSA) is 108 Å². The van der Waals surface area contributed by atoms with Gasteiger partial charge in [0.05, 0.1) is 12.7 Å². The number of carbonyl (C=O) groups is 2. The minimum absolute atomic E-state index is 0.0652. The molecule has 1 heterocycles. The molecule has 0 unspecified atom stereocenters. The van der Waals surface area contributed by atoms with E-state index in [4.69, 9.17) is 9.52 Å². The van der Waals surface area contributed by atoms with Gasteiger partial charge in [-0.05, 0) is 49.8 Å². The number of urea groups is 1. The van der Waals surface area contributed by atoms with Crippen LogP contribution in [0.3, 0.4) is 0 Å².